The van der Waals surface area contributed by atoms with E-state index in [1.807, 2.05) is 0 Å². The van der Waals surface area contributed by atoms with Crippen molar-refractivity contribution in [1.82, 2.24) is 5.32 Å². The van der Waals surface area contributed by atoms with Crippen LogP contribution in [-0.4, -0.2) is 12.1 Å². The molecule has 0 radical (unpaired) electrons. The first kappa shape index (κ1) is 16.0. The van der Waals surface area contributed by atoms with Gasteiger partial charge in [0.1, 0.15) is 0 Å². The van der Waals surface area contributed by atoms with E-state index in [-0.39, 0.29) is 5.54 Å². The maximum absolute atomic E-state index is 3.72. The molecule has 1 aliphatic rings. The van der Waals surface area contributed by atoms with Crippen molar-refractivity contribution in [3.63, 3.8) is 0 Å². The Bertz CT molecular complexity index is 247. The van der Waals surface area contributed by atoms with Crippen LogP contribution >= 0.6 is 0 Å². The molecule has 1 fully saturated rings. The first-order valence-corrected chi connectivity index (χ1v) is 7.84. The molecule has 0 aliphatic heterocycles. The van der Waals surface area contributed by atoms with Crippen LogP contribution < -0.4 is 5.32 Å². The van der Waals surface area contributed by atoms with Gasteiger partial charge < -0.3 is 5.32 Å². The molecule has 2 unspecified atom stereocenters. The Morgan fingerprint density at radius 2 is 1.78 bits per heavy atom. The number of hydrogen-bond donors (Lipinski definition) is 1. The standard InChI is InChI=1S/C17H35N/c1-13(2)10-15-11-17(6,7)9-8-14(15)12-18-16(3,4)5/h13-15,18H,8-12H2,1-7H3. The van der Waals surface area contributed by atoms with Gasteiger partial charge in [-0.25, -0.2) is 0 Å². The molecule has 0 heterocycles. The van der Waals surface area contributed by atoms with Gasteiger partial charge in [0.15, 0.2) is 0 Å². The summed E-state index contributed by atoms with van der Waals surface area (Å²) in [5.74, 6) is 2.64. The van der Waals surface area contributed by atoms with Crippen LogP contribution in [0, 0.1) is 23.2 Å². The molecule has 0 amide bonds. The fourth-order valence-electron chi connectivity index (χ4n) is 3.38. The van der Waals surface area contributed by atoms with Crippen molar-refractivity contribution < 1.29 is 0 Å². The minimum Gasteiger partial charge on any atom is -0.312 e. The van der Waals surface area contributed by atoms with Crippen LogP contribution in [0.5, 0.6) is 0 Å². The fourth-order valence-corrected chi connectivity index (χ4v) is 3.38. The van der Waals surface area contributed by atoms with Crippen LogP contribution in [-0.2, 0) is 0 Å². The number of nitrogens with one attached hydrogen (secondary N) is 1. The Kier molecular flexibility index (Phi) is 5.29. The molecule has 0 aromatic carbocycles. The Balaban J connectivity index is 2.58. The summed E-state index contributed by atoms with van der Waals surface area (Å²) in [6, 6.07) is 0. The van der Waals surface area contributed by atoms with Gasteiger partial charge in [-0.1, -0.05) is 27.7 Å². The van der Waals surface area contributed by atoms with E-state index in [1.54, 1.807) is 0 Å². The zero-order chi connectivity index (χ0) is 14.0. The summed E-state index contributed by atoms with van der Waals surface area (Å²) < 4.78 is 0. The van der Waals surface area contributed by atoms with Gasteiger partial charge in [-0.3, -0.25) is 0 Å². The second-order valence-corrected chi connectivity index (χ2v) is 8.69. The fraction of sp³-hybridized carbons (Fsp3) is 1.00. The van der Waals surface area contributed by atoms with E-state index >= 15 is 0 Å². The van der Waals surface area contributed by atoms with Crippen LogP contribution in [0.2, 0.25) is 0 Å². The molecular weight excluding hydrogens is 218 g/mol. The summed E-state index contributed by atoms with van der Waals surface area (Å²) in [6.45, 7) is 17.7. The third-order valence-electron chi connectivity index (χ3n) is 4.34. The highest BCUT2D eigenvalue weighted by Gasteiger charge is 2.35. The maximum atomic E-state index is 3.72. The van der Waals surface area contributed by atoms with Gasteiger partial charge in [-0.2, -0.15) is 0 Å². The molecule has 2 atom stereocenters. The van der Waals surface area contributed by atoms with Crippen molar-refractivity contribution in [2.75, 3.05) is 6.54 Å². The summed E-state index contributed by atoms with van der Waals surface area (Å²) in [4.78, 5) is 0. The predicted molar refractivity (Wildman–Crippen MR) is 81.8 cm³/mol. The zero-order valence-corrected chi connectivity index (χ0v) is 13.8. The number of hydrogen-bond acceptors (Lipinski definition) is 1. The lowest BCUT2D eigenvalue weighted by molar-refractivity contribution is 0.0964. The second-order valence-electron chi connectivity index (χ2n) is 8.69. The van der Waals surface area contributed by atoms with Gasteiger partial charge in [0, 0.05) is 5.54 Å². The molecule has 1 nitrogen and oxygen atoms in total. The summed E-state index contributed by atoms with van der Waals surface area (Å²) in [6.07, 6.45) is 5.63. The molecule has 1 aliphatic carbocycles. The van der Waals surface area contributed by atoms with E-state index in [2.05, 4.69) is 53.8 Å². The van der Waals surface area contributed by atoms with E-state index < -0.39 is 0 Å². The summed E-state index contributed by atoms with van der Waals surface area (Å²) >= 11 is 0. The SMILES string of the molecule is CC(C)CC1CC(C)(C)CCC1CNC(C)(C)C. The molecule has 0 aromatic rings. The normalized spacial score (nSPS) is 28.7. The Morgan fingerprint density at radius 1 is 1.17 bits per heavy atom. The van der Waals surface area contributed by atoms with Crippen molar-refractivity contribution in [3.05, 3.63) is 0 Å². The van der Waals surface area contributed by atoms with Crippen molar-refractivity contribution >= 4 is 0 Å². The van der Waals surface area contributed by atoms with Crippen molar-refractivity contribution in [3.8, 4) is 0 Å². The lowest BCUT2D eigenvalue weighted by atomic mass is 9.65. The third kappa shape index (κ3) is 5.73. The summed E-state index contributed by atoms with van der Waals surface area (Å²) in [5.41, 5.74) is 0.827. The van der Waals surface area contributed by atoms with Crippen molar-refractivity contribution in [2.24, 2.45) is 23.2 Å². The molecule has 18 heavy (non-hydrogen) atoms. The van der Waals surface area contributed by atoms with Gasteiger partial charge in [0.25, 0.3) is 0 Å². The van der Waals surface area contributed by atoms with E-state index in [4.69, 9.17) is 0 Å². The van der Waals surface area contributed by atoms with Crippen molar-refractivity contribution in [1.29, 1.82) is 0 Å². The quantitative estimate of drug-likeness (QED) is 0.754. The molecular formula is C17H35N. The molecule has 108 valence electrons. The summed E-state index contributed by atoms with van der Waals surface area (Å²) in [5, 5.41) is 3.72. The Hall–Kier alpha value is -0.0400. The van der Waals surface area contributed by atoms with E-state index in [0.717, 1.165) is 17.8 Å². The highest BCUT2D eigenvalue weighted by Crippen LogP contribution is 2.44. The topological polar surface area (TPSA) is 12.0 Å². The van der Waals surface area contributed by atoms with E-state index in [1.165, 1.54) is 32.2 Å². The molecule has 1 heteroatoms. The van der Waals surface area contributed by atoms with Gasteiger partial charge >= 0.3 is 0 Å². The number of rotatable bonds is 4. The molecule has 0 saturated heterocycles. The zero-order valence-electron chi connectivity index (χ0n) is 13.8. The van der Waals surface area contributed by atoms with Gasteiger partial charge in [-0.05, 0) is 76.2 Å². The van der Waals surface area contributed by atoms with Gasteiger partial charge in [-0.15, -0.1) is 0 Å². The average Bonchev–Trinajstić information content (AvgIpc) is 2.12. The predicted octanol–water partition coefficient (Wildman–Crippen LogP) is 4.86. The minimum absolute atomic E-state index is 0.259. The van der Waals surface area contributed by atoms with Gasteiger partial charge in [0.2, 0.25) is 0 Å². The Labute approximate surface area is 115 Å². The molecule has 0 spiro atoms. The lowest BCUT2D eigenvalue weighted by Gasteiger charge is -2.42. The van der Waals surface area contributed by atoms with Crippen LogP contribution in [0.25, 0.3) is 0 Å². The first-order valence-electron chi connectivity index (χ1n) is 7.84. The van der Waals surface area contributed by atoms with Crippen LogP contribution in [0.3, 0.4) is 0 Å². The van der Waals surface area contributed by atoms with E-state index in [0.29, 0.717) is 5.41 Å². The molecule has 0 bridgehead atoms. The largest absolute Gasteiger partial charge is 0.312 e. The smallest absolute Gasteiger partial charge is 0.00966 e. The molecule has 0 aromatic heterocycles. The first-order chi connectivity index (χ1) is 8.09. The van der Waals surface area contributed by atoms with Crippen molar-refractivity contribution in [2.45, 2.75) is 79.7 Å². The molecule has 1 rings (SSSR count). The third-order valence-corrected chi connectivity index (χ3v) is 4.34. The molecule has 1 saturated carbocycles. The lowest BCUT2D eigenvalue weighted by Crippen LogP contribution is -2.43. The highest BCUT2D eigenvalue weighted by atomic mass is 14.9. The maximum Gasteiger partial charge on any atom is 0.00966 e. The Morgan fingerprint density at radius 3 is 2.28 bits per heavy atom. The summed E-state index contributed by atoms with van der Waals surface area (Å²) in [7, 11) is 0. The monoisotopic (exact) mass is 253 g/mol. The van der Waals surface area contributed by atoms with Crippen LogP contribution in [0.1, 0.15) is 74.1 Å². The minimum atomic E-state index is 0.259. The highest BCUT2D eigenvalue weighted by molar-refractivity contribution is 4.87. The van der Waals surface area contributed by atoms with Crippen LogP contribution in [0.4, 0.5) is 0 Å². The molecule has 1 N–H and O–H groups in total. The average molecular weight is 253 g/mol. The van der Waals surface area contributed by atoms with Gasteiger partial charge in [0.05, 0.1) is 0 Å². The second kappa shape index (κ2) is 5.94. The van der Waals surface area contributed by atoms with E-state index in [9.17, 15) is 0 Å². The van der Waals surface area contributed by atoms with Crippen LogP contribution in [0.15, 0.2) is 0 Å².